The molecule has 0 amide bonds. The number of allylic oxidation sites excluding steroid dienone is 2. The molecule has 0 saturated heterocycles. The van der Waals surface area contributed by atoms with Crippen molar-refractivity contribution in [3.63, 3.8) is 0 Å². The third-order valence-electron chi connectivity index (χ3n) is 0.841. The third kappa shape index (κ3) is 5.35. The van der Waals surface area contributed by atoms with Crippen molar-refractivity contribution in [3.05, 3.63) is 11.8 Å². The summed E-state index contributed by atoms with van der Waals surface area (Å²) in [5, 5.41) is 7.11. The van der Waals surface area contributed by atoms with Gasteiger partial charge in [0.2, 0.25) is 0 Å². The zero-order valence-corrected chi connectivity index (χ0v) is 7.06. The van der Waals surface area contributed by atoms with E-state index in [1.54, 1.807) is 13.0 Å². The zero-order valence-electron chi connectivity index (χ0n) is 7.06. The van der Waals surface area contributed by atoms with Crippen LogP contribution in [0.4, 0.5) is 0 Å². The predicted molar refractivity (Wildman–Crippen MR) is 43.4 cm³/mol. The van der Waals surface area contributed by atoms with E-state index in [9.17, 15) is 0 Å². The summed E-state index contributed by atoms with van der Waals surface area (Å²) in [5.74, 6) is 0.808. The van der Waals surface area contributed by atoms with Crippen LogP contribution in [0.3, 0.4) is 0 Å². The first-order valence-corrected chi connectivity index (χ1v) is 3.42. The molecule has 2 nitrogen and oxygen atoms in total. The summed E-state index contributed by atoms with van der Waals surface area (Å²) in [5.41, 5.74) is 0.526. The fourth-order valence-electron chi connectivity index (χ4n) is 0.711. The maximum absolute atomic E-state index is 7.11. The van der Waals surface area contributed by atoms with Gasteiger partial charge >= 0.3 is 0 Å². The minimum atomic E-state index is 0.204. The van der Waals surface area contributed by atoms with Crippen molar-refractivity contribution < 1.29 is 4.74 Å². The largest absolute Gasteiger partial charge is 0.496 e. The van der Waals surface area contributed by atoms with Crippen molar-refractivity contribution in [2.24, 2.45) is 0 Å². The van der Waals surface area contributed by atoms with Gasteiger partial charge in [-0.1, -0.05) is 0 Å². The Morgan fingerprint density at radius 2 is 1.90 bits per heavy atom. The monoisotopic (exact) mass is 141 g/mol. The molecular formula is C8H15NO. The molecule has 0 aliphatic heterocycles. The molecule has 58 valence electrons. The van der Waals surface area contributed by atoms with Crippen molar-refractivity contribution in [3.8, 4) is 0 Å². The van der Waals surface area contributed by atoms with Crippen LogP contribution in [0.5, 0.6) is 0 Å². The average Bonchev–Trinajstić information content (AvgIpc) is 1.58. The quantitative estimate of drug-likeness (QED) is 0.475. The van der Waals surface area contributed by atoms with Crippen LogP contribution in [0.25, 0.3) is 0 Å². The van der Waals surface area contributed by atoms with Crippen molar-refractivity contribution in [1.29, 1.82) is 5.41 Å². The molecule has 10 heavy (non-hydrogen) atoms. The molecule has 0 aliphatic rings. The lowest BCUT2D eigenvalue weighted by Gasteiger charge is -2.08. The van der Waals surface area contributed by atoms with Gasteiger partial charge in [-0.15, -0.1) is 0 Å². The topological polar surface area (TPSA) is 33.1 Å². The van der Waals surface area contributed by atoms with Crippen molar-refractivity contribution in [2.45, 2.75) is 33.8 Å². The van der Waals surface area contributed by atoms with Crippen molar-refractivity contribution in [2.75, 3.05) is 0 Å². The fourth-order valence-corrected chi connectivity index (χ4v) is 0.711. The summed E-state index contributed by atoms with van der Waals surface area (Å²) in [6.07, 6.45) is 1.91. The van der Waals surface area contributed by atoms with Gasteiger partial charge in [0, 0.05) is 5.71 Å². The molecule has 0 heterocycles. The van der Waals surface area contributed by atoms with Crippen LogP contribution in [0.15, 0.2) is 11.8 Å². The van der Waals surface area contributed by atoms with E-state index in [0.29, 0.717) is 5.71 Å². The summed E-state index contributed by atoms with van der Waals surface area (Å²) in [6.45, 7) is 7.53. The molecule has 0 aromatic rings. The maximum Gasteiger partial charge on any atom is 0.0950 e. The Kier molecular flexibility index (Phi) is 3.77. The normalized spacial score (nSPS) is 11.9. The molecule has 1 N–H and O–H groups in total. The van der Waals surface area contributed by atoms with Crippen LogP contribution >= 0.6 is 0 Å². The first kappa shape index (κ1) is 9.21. The van der Waals surface area contributed by atoms with Crippen molar-refractivity contribution >= 4 is 5.71 Å². The molecule has 0 aromatic heterocycles. The smallest absolute Gasteiger partial charge is 0.0950 e. The second kappa shape index (κ2) is 4.09. The lowest BCUT2D eigenvalue weighted by molar-refractivity contribution is 0.149. The highest BCUT2D eigenvalue weighted by molar-refractivity contribution is 5.90. The molecule has 0 rings (SSSR count). The van der Waals surface area contributed by atoms with E-state index in [-0.39, 0.29) is 6.10 Å². The molecule has 0 saturated carbocycles. The van der Waals surface area contributed by atoms with Crippen LogP contribution < -0.4 is 0 Å². The highest BCUT2D eigenvalue weighted by Gasteiger charge is 1.93. The summed E-state index contributed by atoms with van der Waals surface area (Å²) < 4.78 is 5.28. The number of nitrogens with one attached hydrogen (secondary N) is 1. The van der Waals surface area contributed by atoms with Gasteiger partial charge in [0.1, 0.15) is 0 Å². The molecule has 0 unspecified atom stereocenters. The number of hydrogen-bond donors (Lipinski definition) is 1. The first-order valence-electron chi connectivity index (χ1n) is 3.42. The van der Waals surface area contributed by atoms with E-state index in [1.807, 2.05) is 20.8 Å². The van der Waals surface area contributed by atoms with Gasteiger partial charge in [-0.3, -0.25) is 0 Å². The Hall–Kier alpha value is -0.790. The molecule has 0 fully saturated rings. The molecular weight excluding hydrogens is 126 g/mol. The highest BCUT2D eigenvalue weighted by atomic mass is 16.5. The lowest BCUT2D eigenvalue weighted by Crippen LogP contribution is -2.00. The number of rotatable bonds is 3. The Balaban J connectivity index is 3.83. The summed E-state index contributed by atoms with van der Waals surface area (Å²) in [6, 6.07) is 0. The lowest BCUT2D eigenvalue weighted by atomic mass is 10.3. The molecule has 0 bridgehead atoms. The molecule has 0 aliphatic carbocycles. The van der Waals surface area contributed by atoms with Gasteiger partial charge in [0.25, 0.3) is 0 Å². The van der Waals surface area contributed by atoms with Crippen LogP contribution in [-0.2, 0) is 4.74 Å². The minimum absolute atomic E-state index is 0.204. The van der Waals surface area contributed by atoms with E-state index in [4.69, 9.17) is 10.1 Å². The standard InChI is InChI=1S/C8H15NO/c1-6(2)10-8(4)5-7(3)9/h5-6,9H,1-4H3/b8-5-,9-7?. The van der Waals surface area contributed by atoms with Gasteiger partial charge < -0.3 is 10.1 Å². The SMILES string of the molecule is CC(=N)/C=C(/C)OC(C)C. The number of hydrogen-bond acceptors (Lipinski definition) is 2. The zero-order chi connectivity index (χ0) is 8.15. The van der Waals surface area contributed by atoms with Crippen LogP contribution in [-0.4, -0.2) is 11.8 Å². The van der Waals surface area contributed by atoms with Crippen LogP contribution in [0.1, 0.15) is 27.7 Å². The average molecular weight is 141 g/mol. The third-order valence-corrected chi connectivity index (χ3v) is 0.841. The Bertz CT molecular complexity index is 147. The molecule has 2 heteroatoms. The molecule has 0 spiro atoms. The Morgan fingerprint density at radius 3 is 2.20 bits per heavy atom. The molecule has 0 aromatic carbocycles. The van der Waals surface area contributed by atoms with Gasteiger partial charge in [-0.05, 0) is 33.8 Å². The van der Waals surface area contributed by atoms with Gasteiger partial charge in [0.15, 0.2) is 0 Å². The van der Waals surface area contributed by atoms with E-state index in [0.717, 1.165) is 5.76 Å². The van der Waals surface area contributed by atoms with Gasteiger partial charge in [-0.25, -0.2) is 0 Å². The van der Waals surface area contributed by atoms with Gasteiger partial charge in [-0.2, -0.15) is 0 Å². The highest BCUT2D eigenvalue weighted by Crippen LogP contribution is 2.00. The number of ether oxygens (including phenoxy) is 1. The van der Waals surface area contributed by atoms with Crippen LogP contribution in [0.2, 0.25) is 0 Å². The first-order chi connectivity index (χ1) is 4.52. The fraction of sp³-hybridized carbons (Fsp3) is 0.625. The summed E-state index contributed by atoms with van der Waals surface area (Å²) in [7, 11) is 0. The Labute approximate surface area is 62.4 Å². The van der Waals surface area contributed by atoms with E-state index < -0.39 is 0 Å². The van der Waals surface area contributed by atoms with E-state index >= 15 is 0 Å². The second-order valence-electron chi connectivity index (χ2n) is 2.60. The molecule has 0 atom stereocenters. The maximum atomic E-state index is 7.11. The van der Waals surface area contributed by atoms with E-state index in [2.05, 4.69) is 0 Å². The molecule has 0 radical (unpaired) electrons. The van der Waals surface area contributed by atoms with E-state index in [1.165, 1.54) is 0 Å². The summed E-state index contributed by atoms with van der Waals surface area (Å²) >= 11 is 0. The minimum Gasteiger partial charge on any atom is -0.496 e. The van der Waals surface area contributed by atoms with Gasteiger partial charge in [0.05, 0.1) is 11.9 Å². The predicted octanol–water partition coefficient (Wildman–Crippen LogP) is 2.35. The Morgan fingerprint density at radius 1 is 1.40 bits per heavy atom. The van der Waals surface area contributed by atoms with Crippen molar-refractivity contribution in [1.82, 2.24) is 0 Å². The second-order valence-corrected chi connectivity index (χ2v) is 2.60. The van der Waals surface area contributed by atoms with Crippen LogP contribution in [0, 0.1) is 5.41 Å². The summed E-state index contributed by atoms with van der Waals surface area (Å²) in [4.78, 5) is 0.